The molecule has 0 aliphatic rings. The van der Waals surface area contributed by atoms with Crippen molar-refractivity contribution in [2.75, 3.05) is 14.2 Å². The third-order valence-corrected chi connectivity index (χ3v) is 5.27. The highest BCUT2D eigenvalue weighted by Gasteiger charge is 2.16. The molecule has 0 aliphatic heterocycles. The number of thiocarbonyl (C=S) groups is 1. The van der Waals surface area contributed by atoms with Crippen LogP contribution in [0.2, 0.25) is 0 Å². The van der Waals surface area contributed by atoms with Crippen LogP contribution in [0.25, 0.3) is 17.4 Å². The first-order valence-corrected chi connectivity index (χ1v) is 10.6. The Kier molecular flexibility index (Phi) is 7.75. The lowest BCUT2D eigenvalue weighted by Crippen LogP contribution is -2.26. The Balaban J connectivity index is 1.78. The van der Waals surface area contributed by atoms with Crippen LogP contribution in [0.3, 0.4) is 0 Å². The van der Waals surface area contributed by atoms with E-state index in [4.69, 9.17) is 16.6 Å². The summed E-state index contributed by atoms with van der Waals surface area (Å²) in [4.78, 5) is 30.6. The third-order valence-electron chi connectivity index (χ3n) is 4.34. The van der Waals surface area contributed by atoms with Gasteiger partial charge in [-0.1, -0.05) is 54.3 Å². The Hall–Kier alpha value is -3.23. The molecule has 0 fully saturated rings. The number of hydrogen-bond donors (Lipinski definition) is 0. The molecule has 0 saturated carbocycles. The van der Waals surface area contributed by atoms with Crippen LogP contribution in [0.5, 0.6) is 0 Å². The van der Waals surface area contributed by atoms with Gasteiger partial charge in [0.1, 0.15) is 17.2 Å². The summed E-state index contributed by atoms with van der Waals surface area (Å²) in [6.07, 6.45) is 3.20. The van der Waals surface area contributed by atoms with Crippen molar-refractivity contribution in [1.82, 2.24) is 9.88 Å². The number of benzene rings is 1. The van der Waals surface area contributed by atoms with Crippen LogP contribution in [0, 0.1) is 0 Å². The smallest absolute Gasteiger partial charge is 0.356 e. The first-order valence-electron chi connectivity index (χ1n) is 9.27. The first-order chi connectivity index (χ1) is 15.0. The molecule has 0 atom stereocenters. The van der Waals surface area contributed by atoms with Crippen molar-refractivity contribution in [3.8, 4) is 11.3 Å². The Morgan fingerprint density at radius 3 is 2.58 bits per heavy atom. The van der Waals surface area contributed by atoms with Crippen LogP contribution in [-0.4, -0.2) is 40.6 Å². The van der Waals surface area contributed by atoms with Crippen LogP contribution < -0.4 is 0 Å². The van der Waals surface area contributed by atoms with Gasteiger partial charge in [0, 0.05) is 36.1 Å². The highest BCUT2D eigenvalue weighted by atomic mass is 32.2. The summed E-state index contributed by atoms with van der Waals surface area (Å²) in [5.41, 5.74) is 1.95. The normalized spacial score (nSPS) is 11.1. The fourth-order valence-corrected chi connectivity index (χ4v) is 3.65. The van der Waals surface area contributed by atoms with Gasteiger partial charge in [-0.25, -0.2) is 9.78 Å². The summed E-state index contributed by atoms with van der Waals surface area (Å²) in [7, 11) is 3.05. The number of thioether (sulfide) groups is 1. The topological polar surface area (TPSA) is 72.6 Å². The number of furan rings is 1. The predicted molar refractivity (Wildman–Crippen MR) is 125 cm³/mol. The van der Waals surface area contributed by atoms with E-state index in [0.29, 0.717) is 28.5 Å². The van der Waals surface area contributed by atoms with E-state index in [0.717, 1.165) is 5.56 Å². The molecule has 6 nitrogen and oxygen atoms in total. The molecule has 2 aromatic heterocycles. The van der Waals surface area contributed by atoms with E-state index in [9.17, 15) is 9.59 Å². The van der Waals surface area contributed by atoms with Gasteiger partial charge in [0.15, 0.2) is 0 Å². The number of ether oxygens (including phenoxy) is 1. The van der Waals surface area contributed by atoms with Gasteiger partial charge in [-0.15, -0.1) is 0 Å². The number of hydrogen-bond acceptors (Lipinski definition) is 7. The molecule has 31 heavy (non-hydrogen) atoms. The zero-order valence-electron chi connectivity index (χ0n) is 17.0. The predicted octanol–water partition coefficient (Wildman–Crippen LogP) is 4.82. The number of rotatable bonds is 8. The minimum absolute atomic E-state index is 0.156. The van der Waals surface area contributed by atoms with Gasteiger partial charge in [-0.05, 0) is 29.8 Å². The molecule has 0 saturated heterocycles. The van der Waals surface area contributed by atoms with E-state index in [2.05, 4.69) is 9.72 Å². The van der Waals surface area contributed by atoms with Crippen molar-refractivity contribution in [1.29, 1.82) is 0 Å². The quantitative estimate of drug-likeness (QED) is 0.276. The monoisotopic (exact) mass is 452 g/mol. The lowest BCUT2D eigenvalue weighted by Gasteiger charge is -2.18. The Morgan fingerprint density at radius 2 is 1.94 bits per heavy atom. The molecule has 1 aromatic carbocycles. The first kappa shape index (κ1) is 22.5. The number of amides is 1. The maximum atomic E-state index is 12.9. The number of likely N-dealkylation sites (N-methyl/N-ethyl adjacent to an activating group) is 1. The van der Waals surface area contributed by atoms with Gasteiger partial charge in [-0.3, -0.25) is 4.79 Å². The minimum atomic E-state index is -0.505. The maximum Gasteiger partial charge on any atom is 0.356 e. The summed E-state index contributed by atoms with van der Waals surface area (Å²) < 4.78 is 12.0. The van der Waals surface area contributed by atoms with Gasteiger partial charge in [-0.2, -0.15) is 0 Å². The van der Waals surface area contributed by atoms with Gasteiger partial charge in [0.05, 0.1) is 12.0 Å². The SMILES string of the molecule is COC(=O)c1ccc(-c2ccc(/C=C(\SC=S)C(=O)N(C)Cc3ccccc3)o2)cn1. The number of methoxy groups -OCH3 is 1. The molecule has 0 bridgehead atoms. The second-order valence-corrected chi connectivity index (χ2v) is 7.94. The lowest BCUT2D eigenvalue weighted by molar-refractivity contribution is -0.125. The number of pyridine rings is 1. The largest absolute Gasteiger partial charge is 0.464 e. The van der Waals surface area contributed by atoms with E-state index < -0.39 is 5.97 Å². The number of carbonyl (C=O) groups excluding carboxylic acids is 2. The minimum Gasteiger partial charge on any atom is -0.464 e. The Labute approximate surface area is 189 Å². The lowest BCUT2D eigenvalue weighted by atomic mass is 10.2. The summed E-state index contributed by atoms with van der Waals surface area (Å²) >= 11 is 6.12. The van der Waals surface area contributed by atoms with Crippen LogP contribution in [-0.2, 0) is 16.1 Å². The molecule has 8 heteroatoms. The van der Waals surface area contributed by atoms with Crippen molar-refractivity contribution in [2.45, 2.75) is 6.54 Å². The average Bonchev–Trinajstić information content (AvgIpc) is 3.27. The fourth-order valence-electron chi connectivity index (χ4n) is 2.79. The molecule has 3 rings (SSSR count). The summed E-state index contributed by atoms with van der Waals surface area (Å²) in [6, 6.07) is 16.6. The van der Waals surface area contributed by atoms with E-state index in [1.165, 1.54) is 29.8 Å². The van der Waals surface area contributed by atoms with E-state index in [1.807, 2.05) is 30.3 Å². The molecule has 2 heterocycles. The van der Waals surface area contributed by atoms with Gasteiger partial charge in [0.25, 0.3) is 5.91 Å². The van der Waals surface area contributed by atoms with Crippen LogP contribution in [0.1, 0.15) is 21.8 Å². The summed E-state index contributed by atoms with van der Waals surface area (Å²) in [5.74, 6) is 0.409. The third kappa shape index (κ3) is 5.90. The van der Waals surface area contributed by atoms with Crippen molar-refractivity contribution in [3.05, 3.63) is 82.7 Å². The van der Waals surface area contributed by atoms with Crippen molar-refractivity contribution in [3.63, 3.8) is 0 Å². The van der Waals surface area contributed by atoms with Crippen molar-refractivity contribution < 1.29 is 18.7 Å². The second-order valence-electron chi connectivity index (χ2n) is 6.50. The number of carbonyl (C=O) groups is 2. The average molecular weight is 453 g/mol. The molecule has 0 unspecified atom stereocenters. The summed E-state index contributed by atoms with van der Waals surface area (Å²) in [5, 5.41) is 0. The number of nitrogens with zero attached hydrogens (tertiary/aromatic N) is 2. The highest BCUT2D eigenvalue weighted by molar-refractivity contribution is 8.24. The highest BCUT2D eigenvalue weighted by Crippen LogP contribution is 2.26. The standard InChI is InChI=1S/C23H20N2O4S2/c1-25(14-16-6-4-3-5-7-16)22(26)21(31-15-30)12-18-9-11-20(29-18)17-8-10-19(24-13-17)23(27)28-2/h3-13,15H,14H2,1-2H3/b21-12-. The molecule has 0 spiro atoms. The molecule has 3 aromatic rings. The van der Waals surface area contributed by atoms with Crippen molar-refractivity contribution in [2.24, 2.45) is 0 Å². The Morgan fingerprint density at radius 1 is 1.16 bits per heavy atom. The molecular formula is C23H20N2O4S2. The van der Waals surface area contributed by atoms with E-state index in [-0.39, 0.29) is 11.6 Å². The van der Waals surface area contributed by atoms with Crippen molar-refractivity contribution >= 4 is 46.6 Å². The fraction of sp³-hybridized carbons (Fsp3) is 0.130. The number of esters is 1. The van der Waals surface area contributed by atoms with Crippen LogP contribution in [0.15, 0.2) is 70.1 Å². The molecule has 0 N–H and O–H groups in total. The zero-order valence-corrected chi connectivity index (χ0v) is 18.6. The Bertz CT molecular complexity index is 1090. The van der Waals surface area contributed by atoms with Gasteiger partial charge < -0.3 is 14.1 Å². The maximum absolute atomic E-state index is 12.9. The van der Waals surface area contributed by atoms with E-state index in [1.54, 1.807) is 42.3 Å². The van der Waals surface area contributed by atoms with Gasteiger partial charge >= 0.3 is 5.97 Å². The van der Waals surface area contributed by atoms with Crippen LogP contribution in [0.4, 0.5) is 0 Å². The molecule has 158 valence electrons. The second kappa shape index (κ2) is 10.7. The molecule has 0 aliphatic carbocycles. The van der Waals surface area contributed by atoms with Crippen LogP contribution >= 0.6 is 24.0 Å². The molecular weight excluding hydrogens is 432 g/mol. The molecule has 1 amide bonds. The van der Waals surface area contributed by atoms with Gasteiger partial charge in [0.2, 0.25) is 0 Å². The molecule has 0 radical (unpaired) electrons. The zero-order chi connectivity index (χ0) is 22.2. The van der Waals surface area contributed by atoms with E-state index >= 15 is 0 Å². The summed E-state index contributed by atoms with van der Waals surface area (Å²) in [6.45, 7) is 0.483. The number of aromatic nitrogens is 1.